The lowest BCUT2D eigenvalue weighted by Gasteiger charge is -2.21. The van der Waals surface area contributed by atoms with E-state index in [9.17, 15) is 13.2 Å². The van der Waals surface area contributed by atoms with Crippen LogP contribution in [0.4, 0.5) is 0 Å². The fourth-order valence-electron chi connectivity index (χ4n) is 2.67. The van der Waals surface area contributed by atoms with Crippen LogP contribution in [0, 0.1) is 5.92 Å². The van der Waals surface area contributed by atoms with Crippen molar-refractivity contribution in [3.05, 3.63) is 35.4 Å². The fraction of sp³-hybridized carbons (Fsp3) is 0.500. The second-order valence-electron chi connectivity index (χ2n) is 5.48. The molecule has 1 aliphatic rings. The Labute approximate surface area is 119 Å². The van der Waals surface area contributed by atoms with Gasteiger partial charge in [0.15, 0.2) is 0 Å². The van der Waals surface area contributed by atoms with Crippen molar-refractivity contribution in [2.75, 3.05) is 6.26 Å². The third-order valence-electron chi connectivity index (χ3n) is 3.58. The molecule has 0 heterocycles. The summed E-state index contributed by atoms with van der Waals surface area (Å²) in [7, 11) is -3.39. The number of hydrogen-bond donors (Lipinski definition) is 2. The minimum atomic E-state index is -3.39. The van der Waals surface area contributed by atoms with Gasteiger partial charge in [0.05, 0.1) is 18.3 Å². The summed E-state index contributed by atoms with van der Waals surface area (Å²) < 4.78 is 24.6. The molecule has 20 heavy (non-hydrogen) atoms. The lowest BCUT2D eigenvalue weighted by molar-refractivity contribution is -0.123. The molecule has 0 unspecified atom stereocenters. The first kappa shape index (κ1) is 15.0. The van der Waals surface area contributed by atoms with Gasteiger partial charge in [0.25, 0.3) is 0 Å². The fourth-order valence-corrected chi connectivity index (χ4v) is 3.42. The van der Waals surface area contributed by atoms with Crippen LogP contribution in [0.1, 0.15) is 31.0 Å². The van der Waals surface area contributed by atoms with Crippen LogP contribution in [0.15, 0.2) is 24.3 Å². The minimum absolute atomic E-state index is 0.0532. The van der Waals surface area contributed by atoms with Gasteiger partial charge in [-0.3, -0.25) is 4.79 Å². The normalized spacial score (nSPS) is 23.1. The van der Waals surface area contributed by atoms with Crippen LogP contribution in [0.3, 0.4) is 0 Å². The maximum absolute atomic E-state index is 12.1. The highest BCUT2D eigenvalue weighted by molar-refractivity contribution is 7.88. The standard InChI is InChI=1S/C14H20N2O3S/c1-9-8-11-6-4-5-7-12(11)13(9)15-14(17)10(2)16-20(3,18)19/h4-7,9-10,13,16H,8H2,1-3H3,(H,15,17)/t9-,10+,13+/m1/s1. The predicted molar refractivity (Wildman–Crippen MR) is 77.6 cm³/mol. The molecular weight excluding hydrogens is 276 g/mol. The van der Waals surface area contributed by atoms with Crippen molar-refractivity contribution in [2.24, 2.45) is 5.92 Å². The van der Waals surface area contributed by atoms with Crippen LogP contribution in [0.5, 0.6) is 0 Å². The van der Waals surface area contributed by atoms with Crippen LogP contribution in [-0.4, -0.2) is 26.6 Å². The molecule has 0 aliphatic heterocycles. The van der Waals surface area contributed by atoms with Gasteiger partial charge in [0.1, 0.15) is 0 Å². The maximum atomic E-state index is 12.1. The highest BCUT2D eigenvalue weighted by atomic mass is 32.2. The Morgan fingerprint density at radius 1 is 1.35 bits per heavy atom. The molecule has 5 nitrogen and oxygen atoms in total. The van der Waals surface area contributed by atoms with E-state index in [2.05, 4.69) is 23.0 Å². The van der Waals surface area contributed by atoms with E-state index >= 15 is 0 Å². The van der Waals surface area contributed by atoms with E-state index < -0.39 is 16.1 Å². The third-order valence-corrected chi connectivity index (χ3v) is 4.36. The van der Waals surface area contributed by atoms with E-state index in [0.717, 1.165) is 18.2 Å². The first-order valence-electron chi connectivity index (χ1n) is 6.63. The smallest absolute Gasteiger partial charge is 0.238 e. The number of hydrogen-bond acceptors (Lipinski definition) is 3. The zero-order valence-electron chi connectivity index (χ0n) is 11.9. The number of fused-ring (bicyclic) bond motifs is 1. The number of nitrogens with one attached hydrogen (secondary N) is 2. The van der Waals surface area contributed by atoms with Gasteiger partial charge in [-0.25, -0.2) is 13.1 Å². The number of rotatable bonds is 4. The molecule has 1 aromatic carbocycles. The molecule has 3 atom stereocenters. The summed E-state index contributed by atoms with van der Waals surface area (Å²) in [4.78, 5) is 12.1. The van der Waals surface area contributed by atoms with Crippen LogP contribution in [0.25, 0.3) is 0 Å². The molecule has 0 aromatic heterocycles. The van der Waals surface area contributed by atoms with Crippen molar-refractivity contribution in [2.45, 2.75) is 32.4 Å². The zero-order valence-corrected chi connectivity index (χ0v) is 12.7. The van der Waals surface area contributed by atoms with Crippen molar-refractivity contribution >= 4 is 15.9 Å². The second-order valence-corrected chi connectivity index (χ2v) is 7.26. The molecule has 0 saturated carbocycles. The zero-order chi connectivity index (χ0) is 14.9. The summed E-state index contributed by atoms with van der Waals surface area (Å²) in [6.45, 7) is 3.63. The summed E-state index contributed by atoms with van der Waals surface area (Å²) in [5, 5.41) is 2.94. The Hall–Kier alpha value is -1.40. The highest BCUT2D eigenvalue weighted by Gasteiger charge is 2.31. The predicted octanol–water partition coefficient (Wildman–Crippen LogP) is 0.974. The number of amides is 1. The van der Waals surface area contributed by atoms with Gasteiger partial charge in [0, 0.05) is 0 Å². The number of carbonyl (C=O) groups excluding carboxylic acids is 1. The van der Waals surface area contributed by atoms with Crippen LogP contribution < -0.4 is 10.0 Å². The average molecular weight is 296 g/mol. The summed E-state index contributed by atoms with van der Waals surface area (Å²) in [6.07, 6.45) is 1.97. The van der Waals surface area contributed by atoms with Crippen molar-refractivity contribution in [3.8, 4) is 0 Å². The van der Waals surface area contributed by atoms with Crippen molar-refractivity contribution in [3.63, 3.8) is 0 Å². The van der Waals surface area contributed by atoms with Gasteiger partial charge in [-0.15, -0.1) is 0 Å². The van der Waals surface area contributed by atoms with Crippen molar-refractivity contribution < 1.29 is 13.2 Å². The molecule has 1 aromatic rings. The van der Waals surface area contributed by atoms with E-state index in [1.165, 1.54) is 5.56 Å². The van der Waals surface area contributed by atoms with Crippen molar-refractivity contribution in [1.82, 2.24) is 10.0 Å². The van der Waals surface area contributed by atoms with Gasteiger partial charge < -0.3 is 5.32 Å². The molecule has 110 valence electrons. The Balaban J connectivity index is 2.09. The van der Waals surface area contributed by atoms with Gasteiger partial charge in [-0.2, -0.15) is 0 Å². The molecule has 1 amide bonds. The van der Waals surface area contributed by atoms with Crippen LogP contribution in [0.2, 0.25) is 0 Å². The molecule has 6 heteroatoms. The summed E-state index contributed by atoms with van der Waals surface area (Å²) in [5.41, 5.74) is 2.37. The van der Waals surface area contributed by atoms with Crippen LogP contribution >= 0.6 is 0 Å². The quantitative estimate of drug-likeness (QED) is 0.869. The van der Waals surface area contributed by atoms with Gasteiger partial charge in [-0.05, 0) is 30.4 Å². The lowest BCUT2D eigenvalue weighted by Crippen LogP contribution is -2.46. The Morgan fingerprint density at radius 3 is 2.65 bits per heavy atom. The van der Waals surface area contributed by atoms with Gasteiger partial charge in [-0.1, -0.05) is 31.2 Å². The molecule has 0 radical (unpaired) electrons. The molecule has 0 bridgehead atoms. The van der Waals surface area contributed by atoms with E-state index in [-0.39, 0.29) is 11.9 Å². The summed E-state index contributed by atoms with van der Waals surface area (Å²) >= 11 is 0. The molecule has 2 rings (SSSR count). The molecule has 1 aliphatic carbocycles. The molecule has 0 saturated heterocycles. The molecule has 0 fully saturated rings. The maximum Gasteiger partial charge on any atom is 0.238 e. The van der Waals surface area contributed by atoms with E-state index in [4.69, 9.17) is 0 Å². The Bertz CT molecular complexity index is 613. The first-order valence-corrected chi connectivity index (χ1v) is 8.52. The summed E-state index contributed by atoms with van der Waals surface area (Å²) in [6, 6.07) is 7.19. The highest BCUT2D eigenvalue weighted by Crippen LogP contribution is 2.35. The largest absolute Gasteiger partial charge is 0.348 e. The van der Waals surface area contributed by atoms with E-state index in [0.29, 0.717) is 5.92 Å². The van der Waals surface area contributed by atoms with Gasteiger partial charge in [0.2, 0.25) is 15.9 Å². The number of benzene rings is 1. The Morgan fingerprint density at radius 2 is 2.00 bits per heavy atom. The van der Waals surface area contributed by atoms with Crippen LogP contribution in [-0.2, 0) is 21.2 Å². The summed E-state index contributed by atoms with van der Waals surface area (Å²) in [5.74, 6) is 0.00533. The topological polar surface area (TPSA) is 75.3 Å². The third kappa shape index (κ3) is 3.37. The molecule has 0 spiro atoms. The molecule has 2 N–H and O–H groups in total. The lowest BCUT2D eigenvalue weighted by atomic mass is 10.0. The number of sulfonamides is 1. The molecular formula is C14H20N2O3S. The monoisotopic (exact) mass is 296 g/mol. The van der Waals surface area contributed by atoms with E-state index in [1.54, 1.807) is 6.92 Å². The average Bonchev–Trinajstić information content (AvgIpc) is 2.64. The van der Waals surface area contributed by atoms with E-state index in [1.807, 2.05) is 18.2 Å². The SMILES string of the molecule is C[C@H](NS(C)(=O)=O)C(=O)N[C@@H]1c2ccccc2C[C@H]1C. The van der Waals surface area contributed by atoms with Crippen molar-refractivity contribution in [1.29, 1.82) is 0 Å². The Kier molecular flexibility index (Phi) is 4.15. The second kappa shape index (κ2) is 5.54. The van der Waals surface area contributed by atoms with Gasteiger partial charge >= 0.3 is 0 Å². The number of carbonyl (C=O) groups is 1. The first-order chi connectivity index (χ1) is 9.28. The minimum Gasteiger partial charge on any atom is -0.348 e.